The van der Waals surface area contributed by atoms with Crippen LogP contribution in [0.1, 0.15) is 37.6 Å². The maximum atomic E-state index is 12.2. The fourth-order valence-electron chi connectivity index (χ4n) is 2.27. The summed E-state index contributed by atoms with van der Waals surface area (Å²) in [6.45, 7) is 7.35. The van der Waals surface area contributed by atoms with Gasteiger partial charge in [0.15, 0.2) is 0 Å². The van der Waals surface area contributed by atoms with Gasteiger partial charge in [0, 0.05) is 19.2 Å². The van der Waals surface area contributed by atoms with Gasteiger partial charge < -0.3 is 10.6 Å². The third kappa shape index (κ3) is 3.48. The van der Waals surface area contributed by atoms with Gasteiger partial charge in [-0.15, -0.1) is 0 Å². The lowest BCUT2D eigenvalue weighted by Gasteiger charge is -2.10. The van der Waals surface area contributed by atoms with E-state index in [0.29, 0.717) is 24.8 Å². The van der Waals surface area contributed by atoms with Gasteiger partial charge in [0.25, 0.3) is 11.6 Å². The molecule has 1 aliphatic carbocycles. The van der Waals surface area contributed by atoms with Crippen molar-refractivity contribution in [2.75, 3.05) is 18.4 Å². The number of nitro groups is 1. The molecule has 1 fully saturated rings. The zero-order chi connectivity index (χ0) is 15.6. The lowest BCUT2D eigenvalue weighted by Crippen LogP contribution is -2.27. The highest BCUT2D eigenvalue weighted by Crippen LogP contribution is 2.51. The van der Waals surface area contributed by atoms with Crippen LogP contribution in [0.5, 0.6) is 0 Å². The first-order valence-corrected chi connectivity index (χ1v) is 7.01. The Bertz CT molecular complexity index is 571. The number of pyridine rings is 1. The molecule has 0 bridgehead atoms. The average Bonchev–Trinajstić information content (AvgIpc) is 3.04. The molecule has 1 atom stereocenters. The van der Waals surface area contributed by atoms with E-state index in [-0.39, 0.29) is 22.6 Å². The van der Waals surface area contributed by atoms with Gasteiger partial charge in [0.05, 0.1) is 10.5 Å². The molecule has 1 aliphatic rings. The number of anilines is 1. The molecule has 1 amide bonds. The molecule has 2 N–H and O–H groups in total. The van der Waals surface area contributed by atoms with Crippen LogP contribution in [0.2, 0.25) is 0 Å². The van der Waals surface area contributed by atoms with Crippen LogP contribution in [-0.2, 0) is 0 Å². The Labute approximate surface area is 123 Å². The molecule has 7 nitrogen and oxygen atoms in total. The Balaban J connectivity index is 2.13. The summed E-state index contributed by atoms with van der Waals surface area (Å²) in [6.07, 6.45) is 2.24. The molecule has 0 radical (unpaired) electrons. The fourth-order valence-corrected chi connectivity index (χ4v) is 2.27. The fraction of sp³-hybridized carbons (Fsp3) is 0.571. The van der Waals surface area contributed by atoms with Crippen molar-refractivity contribution in [1.82, 2.24) is 10.3 Å². The lowest BCUT2D eigenvalue weighted by molar-refractivity contribution is -0.385. The summed E-state index contributed by atoms with van der Waals surface area (Å²) in [7, 11) is 0. The minimum Gasteiger partial charge on any atom is -0.370 e. The molecule has 0 aromatic carbocycles. The van der Waals surface area contributed by atoms with Crippen LogP contribution in [0.25, 0.3) is 0 Å². The number of nitrogens with one attached hydrogen (secondary N) is 2. The topological polar surface area (TPSA) is 97.2 Å². The first-order chi connectivity index (χ1) is 9.85. The second kappa shape index (κ2) is 5.67. The van der Waals surface area contributed by atoms with E-state index >= 15 is 0 Å². The first-order valence-electron chi connectivity index (χ1n) is 7.01. The molecule has 7 heteroatoms. The van der Waals surface area contributed by atoms with Gasteiger partial charge in [0.1, 0.15) is 12.0 Å². The number of amides is 1. The molecule has 114 valence electrons. The number of aromatic nitrogens is 1. The minimum absolute atomic E-state index is 0.187. The molecule has 0 aliphatic heterocycles. The molecule has 2 rings (SSSR count). The van der Waals surface area contributed by atoms with E-state index in [1.54, 1.807) is 0 Å². The van der Waals surface area contributed by atoms with Crippen LogP contribution in [0.3, 0.4) is 0 Å². The summed E-state index contributed by atoms with van der Waals surface area (Å²) >= 11 is 0. The highest BCUT2D eigenvalue weighted by atomic mass is 16.6. The number of hydrogen-bond donors (Lipinski definition) is 2. The maximum Gasteiger partial charge on any atom is 0.288 e. The van der Waals surface area contributed by atoms with Crippen molar-refractivity contribution in [2.24, 2.45) is 11.3 Å². The standard InChI is InChI=1S/C14H20N4O3/c1-4-15-12-11(5-10(8-16-12)18(20)21)13(19)17-7-9-6-14(9,2)3/h5,8-9H,4,6-7H2,1-3H3,(H,15,16)(H,17,19). The monoisotopic (exact) mass is 292 g/mol. The number of nitrogens with zero attached hydrogens (tertiary/aromatic N) is 2. The zero-order valence-electron chi connectivity index (χ0n) is 12.5. The van der Waals surface area contributed by atoms with Crippen LogP contribution in [-0.4, -0.2) is 28.9 Å². The van der Waals surface area contributed by atoms with Crippen LogP contribution < -0.4 is 10.6 Å². The second-order valence-corrected chi connectivity index (χ2v) is 5.98. The number of carbonyl (C=O) groups is 1. The van der Waals surface area contributed by atoms with Crippen LogP contribution in [0.15, 0.2) is 12.3 Å². The summed E-state index contributed by atoms with van der Waals surface area (Å²) < 4.78 is 0. The molecular formula is C14H20N4O3. The quantitative estimate of drug-likeness (QED) is 0.618. The van der Waals surface area contributed by atoms with Crippen LogP contribution >= 0.6 is 0 Å². The molecule has 21 heavy (non-hydrogen) atoms. The van der Waals surface area contributed by atoms with Crippen molar-refractivity contribution in [3.8, 4) is 0 Å². The first kappa shape index (κ1) is 15.2. The SMILES string of the molecule is CCNc1ncc([N+](=O)[O-])cc1C(=O)NCC1CC1(C)C. The van der Waals surface area contributed by atoms with E-state index in [1.165, 1.54) is 6.07 Å². The summed E-state index contributed by atoms with van der Waals surface area (Å²) in [5.41, 5.74) is 0.302. The Morgan fingerprint density at radius 1 is 1.57 bits per heavy atom. The Morgan fingerprint density at radius 2 is 2.24 bits per heavy atom. The van der Waals surface area contributed by atoms with Gasteiger partial charge in [-0.05, 0) is 24.7 Å². The third-order valence-corrected chi connectivity index (χ3v) is 3.90. The molecular weight excluding hydrogens is 272 g/mol. The van der Waals surface area contributed by atoms with E-state index in [2.05, 4.69) is 29.5 Å². The third-order valence-electron chi connectivity index (χ3n) is 3.90. The maximum absolute atomic E-state index is 12.2. The van der Waals surface area contributed by atoms with E-state index in [4.69, 9.17) is 0 Å². The van der Waals surface area contributed by atoms with Gasteiger partial charge in [-0.25, -0.2) is 4.98 Å². The van der Waals surface area contributed by atoms with E-state index in [1.807, 2.05) is 6.92 Å². The number of hydrogen-bond acceptors (Lipinski definition) is 5. The summed E-state index contributed by atoms with van der Waals surface area (Å²) in [5, 5.41) is 16.6. The second-order valence-electron chi connectivity index (χ2n) is 5.98. The number of rotatable bonds is 6. The van der Waals surface area contributed by atoms with Crippen molar-refractivity contribution in [3.05, 3.63) is 27.9 Å². The van der Waals surface area contributed by atoms with Gasteiger partial charge in [-0.1, -0.05) is 13.8 Å². The smallest absolute Gasteiger partial charge is 0.288 e. The van der Waals surface area contributed by atoms with Gasteiger partial charge in [-0.3, -0.25) is 14.9 Å². The lowest BCUT2D eigenvalue weighted by atomic mass is 10.1. The Kier molecular flexibility index (Phi) is 4.11. The highest BCUT2D eigenvalue weighted by Gasteiger charge is 2.45. The van der Waals surface area contributed by atoms with Crippen molar-refractivity contribution < 1.29 is 9.72 Å². The Hall–Kier alpha value is -2.18. The van der Waals surface area contributed by atoms with E-state index < -0.39 is 4.92 Å². The van der Waals surface area contributed by atoms with Crippen molar-refractivity contribution in [1.29, 1.82) is 0 Å². The van der Waals surface area contributed by atoms with Crippen molar-refractivity contribution >= 4 is 17.4 Å². The predicted molar refractivity (Wildman–Crippen MR) is 79.3 cm³/mol. The Morgan fingerprint density at radius 3 is 2.76 bits per heavy atom. The number of carbonyl (C=O) groups excluding carboxylic acids is 1. The molecule has 1 aromatic rings. The van der Waals surface area contributed by atoms with Gasteiger partial charge in [-0.2, -0.15) is 0 Å². The normalized spacial score (nSPS) is 18.9. The molecule has 0 saturated heterocycles. The predicted octanol–water partition coefficient (Wildman–Crippen LogP) is 2.20. The molecule has 0 spiro atoms. The molecule has 1 saturated carbocycles. The zero-order valence-corrected chi connectivity index (χ0v) is 12.5. The van der Waals surface area contributed by atoms with E-state index in [9.17, 15) is 14.9 Å². The molecule has 1 aromatic heterocycles. The summed E-state index contributed by atoms with van der Waals surface area (Å²) in [5.74, 6) is 0.510. The van der Waals surface area contributed by atoms with E-state index in [0.717, 1.165) is 12.6 Å². The van der Waals surface area contributed by atoms with Crippen molar-refractivity contribution in [2.45, 2.75) is 27.2 Å². The summed E-state index contributed by atoms with van der Waals surface area (Å²) in [4.78, 5) is 26.5. The molecule has 1 heterocycles. The largest absolute Gasteiger partial charge is 0.370 e. The summed E-state index contributed by atoms with van der Waals surface area (Å²) in [6, 6.07) is 1.26. The molecule has 1 unspecified atom stereocenters. The van der Waals surface area contributed by atoms with Crippen LogP contribution in [0.4, 0.5) is 11.5 Å². The highest BCUT2D eigenvalue weighted by molar-refractivity contribution is 5.99. The van der Waals surface area contributed by atoms with Gasteiger partial charge in [0.2, 0.25) is 0 Å². The average molecular weight is 292 g/mol. The van der Waals surface area contributed by atoms with Gasteiger partial charge >= 0.3 is 0 Å². The van der Waals surface area contributed by atoms with Crippen LogP contribution in [0, 0.1) is 21.4 Å². The minimum atomic E-state index is -0.552. The van der Waals surface area contributed by atoms with Crippen molar-refractivity contribution in [3.63, 3.8) is 0 Å².